The number of rotatable bonds is 77. The second-order valence-corrected chi connectivity index (χ2v) is 28.1. The number of nitrogens with one attached hydrogen (secondary N) is 1. The van der Waals surface area contributed by atoms with Crippen LogP contribution in [0.4, 0.5) is 0 Å². The molecule has 0 radical (unpaired) electrons. The quantitative estimate of drug-likeness (QED) is 0.0320. The van der Waals surface area contributed by atoms with Gasteiger partial charge in [-0.05, 0) is 77.0 Å². The van der Waals surface area contributed by atoms with Gasteiger partial charge in [-0.2, -0.15) is 0 Å². The summed E-state index contributed by atoms with van der Waals surface area (Å²) in [6.07, 6.45) is 103. The van der Waals surface area contributed by atoms with Gasteiger partial charge in [-0.3, -0.25) is 9.59 Å². The van der Waals surface area contributed by atoms with Crippen molar-refractivity contribution in [3.63, 3.8) is 0 Å². The number of allylic oxidation sites excluding steroid dienone is 6. The number of amides is 1. The summed E-state index contributed by atoms with van der Waals surface area (Å²) < 4.78 is 5.48. The van der Waals surface area contributed by atoms with E-state index in [1.165, 1.54) is 372 Å². The van der Waals surface area contributed by atoms with E-state index < -0.39 is 12.1 Å². The first kappa shape index (κ1) is 87.1. The maximum atomic E-state index is 12.6. The smallest absolute Gasteiger partial charge is 0.305 e. The Morgan fingerprint density at radius 3 is 0.910 bits per heavy atom. The van der Waals surface area contributed by atoms with Crippen molar-refractivity contribution in [2.45, 2.75) is 469 Å². The Balaban J connectivity index is 3.34. The molecule has 0 aromatic carbocycles. The van der Waals surface area contributed by atoms with E-state index >= 15 is 0 Å². The molecule has 0 fully saturated rings. The molecule has 2 atom stereocenters. The van der Waals surface area contributed by atoms with Gasteiger partial charge in [-0.1, -0.05) is 403 Å². The molecule has 0 aliphatic rings. The van der Waals surface area contributed by atoms with Crippen LogP contribution in [0.1, 0.15) is 457 Å². The van der Waals surface area contributed by atoms with Gasteiger partial charge < -0.3 is 20.3 Å². The molecule has 6 heteroatoms. The number of carbonyl (C=O) groups is 2. The fourth-order valence-corrected chi connectivity index (χ4v) is 13.0. The van der Waals surface area contributed by atoms with E-state index in [4.69, 9.17) is 4.74 Å². The topological polar surface area (TPSA) is 95.9 Å². The van der Waals surface area contributed by atoms with Crippen LogP contribution in [0.25, 0.3) is 0 Å². The predicted octanol–water partition coefficient (Wildman–Crippen LogP) is 27.0. The zero-order valence-electron chi connectivity index (χ0n) is 60.4. The number of carbonyl (C=O) groups excluding carboxylic acids is 2. The highest BCUT2D eigenvalue weighted by Gasteiger charge is 2.20. The lowest BCUT2D eigenvalue weighted by molar-refractivity contribution is -0.143. The number of aliphatic hydroxyl groups is 2. The summed E-state index contributed by atoms with van der Waals surface area (Å²) >= 11 is 0. The van der Waals surface area contributed by atoms with Crippen molar-refractivity contribution in [2.24, 2.45) is 0 Å². The molecule has 0 aliphatic carbocycles. The van der Waals surface area contributed by atoms with E-state index in [0.717, 1.165) is 51.4 Å². The monoisotopic (exact) mass is 1250 g/mol. The largest absolute Gasteiger partial charge is 0.466 e. The van der Waals surface area contributed by atoms with Crippen LogP contribution in [0, 0.1) is 0 Å². The summed E-state index contributed by atoms with van der Waals surface area (Å²) in [6, 6.07) is -0.540. The number of aliphatic hydroxyl groups excluding tert-OH is 2. The van der Waals surface area contributed by atoms with Gasteiger partial charge >= 0.3 is 5.97 Å². The molecular weight excluding hydrogens is 1090 g/mol. The zero-order chi connectivity index (χ0) is 64.2. The average Bonchev–Trinajstić information content (AvgIpc) is 3.55. The van der Waals surface area contributed by atoms with E-state index in [0.29, 0.717) is 25.9 Å². The van der Waals surface area contributed by atoms with Crippen molar-refractivity contribution >= 4 is 11.9 Å². The molecule has 0 saturated heterocycles. The highest BCUT2D eigenvalue weighted by Crippen LogP contribution is 2.20. The van der Waals surface area contributed by atoms with E-state index in [1.807, 2.05) is 0 Å². The van der Waals surface area contributed by atoms with Crippen molar-refractivity contribution in [2.75, 3.05) is 13.2 Å². The van der Waals surface area contributed by atoms with Crippen LogP contribution < -0.4 is 5.32 Å². The number of ether oxygens (including phenoxy) is 1. The Kier molecular flexibility index (Phi) is 76.8. The van der Waals surface area contributed by atoms with E-state index in [2.05, 4.69) is 55.6 Å². The molecule has 0 heterocycles. The van der Waals surface area contributed by atoms with Crippen molar-refractivity contribution < 1.29 is 24.5 Å². The molecule has 0 spiro atoms. The molecule has 0 aliphatic heterocycles. The Bertz CT molecular complexity index is 1440. The number of hydrogen-bond donors (Lipinski definition) is 3. The molecule has 0 rings (SSSR count). The van der Waals surface area contributed by atoms with Gasteiger partial charge in [0.1, 0.15) is 0 Å². The number of unbranched alkanes of at least 4 members (excludes halogenated alkanes) is 60. The third-order valence-electron chi connectivity index (χ3n) is 19.1. The molecule has 0 saturated carbocycles. The minimum Gasteiger partial charge on any atom is -0.466 e. The third kappa shape index (κ3) is 75.0. The highest BCUT2D eigenvalue weighted by atomic mass is 16.5. The molecule has 1 amide bonds. The lowest BCUT2D eigenvalue weighted by atomic mass is 10.0. The SMILES string of the molecule is CCC/C=C\C/C=C\CCCCCCCC(=O)OCCCCCCCCCCCCCCCCCC/C=C\CCCCCCCCCCCCCCCCCCCC(=O)NC(CO)C(O)CCCCCCCCCCCCCCCCCCCCCCCC. The summed E-state index contributed by atoms with van der Waals surface area (Å²) in [6.45, 7) is 4.93. The average molecular weight is 1250 g/mol. The lowest BCUT2D eigenvalue weighted by Gasteiger charge is -2.22. The van der Waals surface area contributed by atoms with Crippen molar-refractivity contribution in [3.05, 3.63) is 36.5 Å². The molecule has 0 aromatic rings. The van der Waals surface area contributed by atoms with Crippen molar-refractivity contribution in [3.8, 4) is 0 Å². The van der Waals surface area contributed by atoms with Gasteiger partial charge in [-0.15, -0.1) is 0 Å². The first-order chi connectivity index (χ1) is 44.0. The number of esters is 1. The van der Waals surface area contributed by atoms with Crippen LogP contribution >= 0.6 is 0 Å². The summed E-state index contributed by atoms with van der Waals surface area (Å²) in [5.41, 5.74) is 0. The first-order valence-electron chi connectivity index (χ1n) is 40.7. The zero-order valence-corrected chi connectivity index (χ0v) is 60.4. The normalized spacial score (nSPS) is 12.6. The fourth-order valence-electron chi connectivity index (χ4n) is 13.0. The summed E-state index contributed by atoms with van der Waals surface area (Å²) in [7, 11) is 0. The second kappa shape index (κ2) is 78.5. The van der Waals surface area contributed by atoms with Gasteiger partial charge in [0.25, 0.3) is 0 Å². The predicted molar refractivity (Wildman–Crippen MR) is 393 cm³/mol. The highest BCUT2D eigenvalue weighted by molar-refractivity contribution is 5.76. The van der Waals surface area contributed by atoms with E-state index in [1.54, 1.807) is 0 Å². The first-order valence-corrected chi connectivity index (χ1v) is 40.7. The van der Waals surface area contributed by atoms with Crippen LogP contribution in [-0.4, -0.2) is 47.4 Å². The second-order valence-electron chi connectivity index (χ2n) is 28.1. The van der Waals surface area contributed by atoms with Gasteiger partial charge in [0.15, 0.2) is 0 Å². The molecule has 6 nitrogen and oxygen atoms in total. The Morgan fingerprint density at radius 1 is 0.315 bits per heavy atom. The van der Waals surface area contributed by atoms with Gasteiger partial charge in [0.05, 0.1) is 25.4 Å². The maximum absolute atomic E-state index is 12.6. The Hall–Kier alpha value is -1.92. The van der Waals surface area contributed by atoms with Crippen molar-refractivity contribution in [1.29, 1.82) is 0 Å². The Labute approximate surface area is 557 Å². The summed E-state index contributed by atoms with van der Waals surface area (Å²) in [4.78, 5) is 24.6. The lowest BCUT2D eigenvalue weighted by Crippen LogP contribution is -2.45. The molecule has 89 heavy (non-hydrogen) atoms. The van der Waals surface area contributed by atoms with Crippen LogP contribution in [0.15, 0.2) is 36.5 Å². The van der Waals surface area contributed by atoms with Gasteiger partial charge in [-0.25, -0.2) is 0 Å². The summed E-state index contributed by atoms with van der Waals surface area (Å²) in [5.74, 6) is -0.0190. The van der Waals surface area contributed by atoms with Crippen LogP contribution in [0.2, 0.25) is 0 Å². The van der Waals surface area contributed by atoms with Gasteiger partial charge in [0.2, 0.25) is 5.91 Å². The molecule has 3 N–H and O–H groups in total. The molecule has 2 unspecified atom stereocenters. The standard InChI is InChI=1S/C83H159NO5/c1-3-5-7-9-11-13-15-17-18-19-20-21-39-42-45-48-52-55-59-63-67-71-75-81(86)80(79-85)84-82(87)76-72-68-64-60-56-53-49-46-43-40-37-35-33-31-29-27-25-23-22-24-26-28-30-32-34-36-38-41-44-47-50-54-58-62-66-70-74-78-89-83(88)77-73-69-65-61-57-51-16-14-12-10-8-6-4-2/h8,10,14,16,22,24,80-81,85-86H,3-7,9,11-13,15,17-21,23,25-79H2,1-2H3,(H,84,87)/b10-8-,16-14-,24-22-. The maximum Gasteiger partial charge on any atom is 0.305 e. The summed E-state index contributed by atoms with van der Waals surface area (Å²) in [5, 5.41) is 23.5. The molecule has 0 bridgehead atoms. The molecule has 526 valence electrons. The van der Waals surface area contributed by atoms with Crippen LogP contribution in [0.3, 0.4) is 0 Å². The van der Waals surface area contributed by atoms with Crippen LogP contribution in [-0.2, 0) is 14.3 Å². The third-order valence-corrected chi connectivity index (χ3v) is 19.1. The fraction of sp³-hybridized carbons (Fsp3) is 0.904. The van der Waals surface area contributed by atoms with E-state index in [-0.39, 0.29) is 18.5 Å². The number of hydrogen-bond acceptors (Lipinski definition) is 5. The van der Waals surface area contributed by atoms with Crippen molar-refractivity contribution in [1.82, 2.24) is 5.32 Å². The molecular formula is C83H159NO5. The molecule has 0 aromatic heterocycles. The van der Waals surface area contributed by atoms with E-state index in [9.17, 15) is 19.8 Å². The Morgan fingerprint density at radius 2 is 0.584 bits per heavy atom. The minimum atomic E-state index is -0.663. The minimum absolute atomic E-state index is 0.00662. The van der Waals surface area contributed by atoms with Crippen LogP contribution in [0.5, 0.6) is 0 Å². The van der Waals surface area contributed by atoms with Gasteiger partial charge in [0, 0.05) is 12.8 Å².